The van der Waals surface area contributed by atoms with Crippen molar-refractivity contribution in [2.24, 2.45) is 0 Å². The van der Waals surface area contributed by atoms with Gasteiger partial charge in [0.1, 0.15) is 11.5 Å². The lowest BCUT2D eigenvalue weighted by Crippen LogP contribution is -2.24. The normalized spacial score (nSPS) is 18.4. The first-order valence-electron chi connectivity index (χ1n) is 6.42. The minimum atomic E-state index is -0.117. The highest BCUT2D eigenvalue weighted by Crippen LogP contribution is 2.41. The molecule has 0 bridgehead atoms. The first-order valence-corrected chi connectivity index (χ1v) is 6.79. The summed E-state index contributed by atoms with van der Waals surface area (Å²) in [4.78, 5) is 10.6. The smallest absolute Gasteiger partial charge is 0.225 e. The van der Waals surface area contributed by atoms with Gasteiger partial charge in [0.05, 0.1) is 11.1 Å². The second-order valence-corrected chi connectivity index (χ2v) is 5.17. The minimum Gasteiger partial charge on any atom is -0.507 e. The first kappa shape index (κ1) is 13.0. The maximum Gasteiger partial charge on any atom is 0.225 e. The Bertz CT molecular complexity index is 621. The number of hydrogen-bond donors (Lipinski definition) is 2. The van der Waals surface area contributed by atoms with E-state index in [2.05, 4.69) is 9.97 Å². The number of phenols is 2. The van der Waals surface area contributed by atoms with E-state index in [1.165, 1.54) is 6.07 Å². The first-order chi connectivity index (χ1) is 9.66. The lowest BCUT2D eigenvalue weighted by atomic mass is 10.0. The molecule has 1 aromatic heterocycles. The van der Waals surface area contributed by atoms with E-state index in [9.17, 15) is 10.2 Å². The zero-order valence-electron chi connectivity index (χ0n) is 10.7. The molecule has 0 spiro atoms. The van der Waals surface area contributed by atoms with E-state index in [-0.39, 0.29) is 22.6 Å². The standard InChI is InChI=1S/C14H14ClN3O2/c15-10-7-9(12(19)8-13(10)20)11-3-1-6-18(11)14-16-4-2-5-17-14/h2,4-5,7-8,11,19-20H,1,3,6H2. The van der Waals surface area contributed by atoms with Crippen LogP contribution in [0.4, 0.5) is 5.95 Å². The molecule has 0 radical (unpaired) electrons. The van der Waals surface area contributed by atoms with E-state index in [0.29, 0.717) is 11.5 Å². The van der Waals surface area contributed by atoms with Crippen molar-refractivity contribution in [1.82, 2.24) is 9.97 Å². The van der Waals surface area contributed by atoms with Crippen LogP contribution in [0.2, 0.25) is 5.02 Å². The van der Waals surface area contributed by atoms with Gasteiger partial charge in [-0.05, 0) is 25.0 Å². The molecule has 3 rings (SSSR count). The van der Waals surface area contributed by atoms with Crippen LogP contribution in [0.15, 0.2) is 30.6 Å². The SMILES string of the molecule is Oc1cc(O)c(C2CCCN2c2ncccn2)cc1Cl. The third kappa shape index (κ3) is 2.25. The molecule has 104 valence electrons. The highest BCUT2D eigenvalue weighted by atomic mass is 35.5. The molecule has 20 heavy (non-hydrogen) atoms. The van der Waals surface area contributed by atoms with Gasteiger partial charge in [-0.1, -0.05) is 11.6 Å². The monoisotopic (exact) mass is 291 g/mol. The van der Waals surface area contributed by atoms with Gasteiger partial charge in [-0.3, -0.25) is 0 Å². The second kappa shape index (κ2) is 5.17. The highest BCUT2D eigenvalue weighted by molar-refractivity contribution is 6.32. The molecule has 2 aromatic rings. The van der Waals surface area contributed by atoms with Crippen LogP contribution in [0.1, 0.15) is 24.4 Å². The number of halogens is 1. The largest absolute Gasteiger partial charge is 0.507 e. The summed E-state index contributed by atoms with van der Waals surface area (Å²) in [6, 6.07) is 4.62. The third-order valence-electron chi connectivity index (χ3n) is 3.52. The summed E-state index contributed by atoms with van der Waals surface area (Å²) in [5.74, 6) is 0.562. The van der Waals surface area contributed by atoms with Crippen molar-refractivity contribution in [3.8, 4) is 11.5 Å². The van der Waals surface area contributed by atoms with E-state index in [1.54, 1.807) is 24.5 Å². The average Bonchev–Trinajstić information content (AvgIpc) is 2.93. The van der Waals surface area contributed by atoms with E-state index in [0.717, 1.165) is 19.4 Å². The van der Waals surface area contributed by atoms with Crippen LogP contribution in [0.5, 0.6) is 11.5 Å². The molecular formula is C14H14ClN3O2. The molecule has 0 aliphatic carbocycles. The molecule has 1 aliphatic rings. The number of hydrogen-bond acceptors (Lipinski definition) is 5. The highest BCUT2D eigenvalue weighted by Gasteiger charge is 2.30. The zero-order chi connectivity index (χ0) is 14.1. The number of anilines is 1. The maximum absolute atomic E-state index is 10.1. The molecule has 2 heterocycles. The van der Waals surface area contributed by atoms with Gasteiger partial charge in [-0.15, -0.1) is 0 Å². The number of aromatic nitrogens is 2. The Balaban J connectivity index is 1.99. The van der Waals surface area contributed by atoms with E-state index >= 15 is 0 Å². The van der Waals surface area contributed by atoms with Gasteiger partial charge in [-0.2, -0.15) is 0 Å². The topological polar surface area (TPSA) is 69.5 Å². The summed E-state index contributed by atoms with van der Waals surface area (Å²) < 4.78 is 0. The summed E-state index contributed by atoms with van der Waals surface area (Å²) in [7, 11) is 0. The summed E-state index contributed by atoms with van der Waals surface area (Å²) in [5.41, 5.74) is 0.692. The summed E-state index contributed by atoms with van der Waals surface area (Å²) in [6.07, 6.45) is 5.26. The molecule has 5 nitrogen and oxygen atoms in total. The molecule has 1 atom stereocenters. The predicted molar refractivity (Wildman–Crippen MR) is 76.1 cm³/mol. The fraction of sp³-hybridized carbons (Fsp3) is 0.286. The van der Waals surface area contributed by atoms with E-state index < -0.39 is 0 Å². The van der Waals surface area contributed by atoms with Crippen molar-refractivity contribution in [2.75, 3.05) is 11.4 Å². The van der Waals surface area contributed by atoms with Crippen molar-refractivity contribution in [3.05, 3.63) is 41.2 Å². The van der Waals surface area contributed by atoms with E-state index in [4.69, 9.17) is 11.6 Å². The van der Waals surface area contributed by atoms with Crippen LogP contribution < -0.4 is 4.90 Å². The second-order valence-electron chi connectivity index (χ2n) is 4.76. The molecule has 1 saturated heterocycles. The Morgan fingerprint density at radius 2 is 1.90 bits per heavy atom. The summed E-state index contributed by atoms with van der Waals surface area (Å²) in [5, 5.41) is 19.8. The lowest BCUT2D eigenvalue weighted by molar-refractivity contribution is 0.441. The van der Waals surface area contributed by atoms with Gasteiger partial charge in [0.2, 0.25) is 5.95 Å². The molecule has 2 N–H and O–H groups in total. The quantitative estimate of drug-likeness (QED) is 0.890. The molecule has 0 amide bonds. The van der Waals surface area contributed by atoms with Gasteiger partial charge >= 0.3 is 0 Å². The molecule has 0 saturated carbocycles. The van der Waals surface area contributed by atoms with Crippen LogP contribution >= 0.6 is 11.6 Å². The Kier molecular flexibility index (Phi) is 3.36. The lowest BCUT2D eigenvalue weighted by Gasteiger charge is -2.25. The van der Waals surface area contributed by atoms with Gasteiger partial charge in [-0.25, -0.2) is 9.97 Å². The number of benzene rings is 1. The summed E-state index contributed by atoms with van der Waals surface area (Å²) in [6.45, 7) is 0.826. The molecule has 6 heteroatoms. The molecule has 1 aromatic carbocycles. The Hall–Kier alpha value is -2.01. The van der Waals surface area contributed by atoms with Gasteiger partial charge in [0.25, 0.3) is 0 Å². The maximum atomic E-state index is 10.1. The third-order valence-corrected chi connectivity index (χ3v) is 3.82. The van der Waals surface area contributed by atoms with Crippen LogP contribution in [-0.2, 0) is 0 Å². The van der Waals surface area contributed by atoms with Crippen LogP contribution in [0.25, 0.3) is 0 Å². The Morgan fingerprint density at radius 3 is 2.65 bits per heavy atom. The van der Waals surface area contributed by atoms with Crippen LogP contribution in [0, 0.1) is 0 Å². The Morgan fingerprint density at radius 1 is 1.15 bits per heavy atom. The fourth-order valence-corrected chi connectivity index (χ4v) is 2.77. The minimum absolute atomic E-state index is 0.0319. The Labute approximate surface area is 121 Å². The van der Waals surface area contributed by atoms with Gasteiger partial charge in [0, 0.05) is 30.6 Å². The molecular weight excluding hydrogens is 278 g/mol. The number of aromatic hydroxyl groups is 2. The van der Waals surface area contributed by atoms with Crippen molar-refractivity contribution < 1.29 is 10.2 Å². The van der Waals surface area contributed by atoms with Crippen molar-refractivity contribution >= 4 is 17.5 Å². The molecule has 1 fully saturated rings. The number of rotatable bonds is 2. The average molecular weight is 292 g/mol. The number of nitrogens with zero attached hydrogens (tertiary/aromatic N) is 3. The summed E-state index contributed by atoms with van der Waals surface area (Å²) >= 11 is 5.95. The van der Waals surface area contributed by atoms with Crippen LogP contribution in [0.3, 0.4) is 0 Å². The molecule has 1 unspecified atom stereocenters. The van der Waals surface area contributed by atoms with Crippen LogP contribution in [-0.4, -0.2) is 26.7 Å². The van der Waals surface area contributed by atoms with Crippen molar-refractivity contribution in [1.29, 1.82) is 0 Å². The van der Waals surface area contributed by atoms with Crippen molar-refractivity contribution in [2.45, 2.75) is 18.9 Å². The van der Waals surface area contributed by atoms with Gasteiger partial charge in [0.15, 0.2) is 0 Å². The fourth-order valence-electron chi connectivity index (χ4n) is 2.60. The van der Waals surface area contributed by atoms with E-state index in [1.807, 2.05) is 4.90 Å². The number of phenolic OH excluding ortho intramolecular Hbond substituents is 2. The predicted octanol–water partition coefficient (Wildman–Crippen LogP) is 2.88. The zero-order valence-corrected chi connectivity index (χ0v) is 11.5. The van der Waals surface area contributed by atoms with Crippen molar-refractivity contribution in [3.63, 3.8) is 0 Å². The molecule has 1 aliphatic heterocycles. The van der Waals surface area contributed by atoms with Gasteiger partial charge < -0.3 is 15.1 Å².